The Labute approximate surface area is 179 Å². The van der Waals surface area contributed by atoms with Gasteiger partial charge in [-0.05, 0) is 55.8 Å². The SMILES string of the molecule is CC(CCC(=O)Nc1ccccc1)Oc1ccc(Oc2ncc(Cl)cc2Cl)cc1. The number of carbonyl (C=O) groups is 1. The smallest absolute Gasteiger partial charge is 0.238 e. The first-order valence-corrected chi connectivity index (χ1v) is 9.86. The second-order valence-corrected chi connectivity index (χ2v) is 7.24. The molecule has 1 N–H and O–H groups in total. The molecule has 150 valence electrons. The van der Waals surface area contributed by atoms with Crippen LogP contribution in [-0.4, -0.2) is 17.0 Å². The van der Waals surface area contributed by atoms with Crippen LogP contribution in [0.5, 0.6) is 17.4 Å². The molecule has 1 atom stereocenters. The fraction of sp³-hybridized carbons (Fsp3) is 0.182. The van der Waals surface area contributed by atoms with Crippen molar-refractivity contribution < 1.29 is 14.3 Å². The number of pyridine rings is 1. The average molecular weight is 431 g/mol. The summed E-state index contributed by atoms with van der Waals surface area (Å²) in [5.41, 5.74) is 0.789. The van der Waals surface area contributed by atoms with Gasteiger partial charge in [0.1, 0.15) is 16.5 Å². The third-order valence-corrected chi connectivity index (χ3v) is 4.46. The van der Waals surface area contributed by atoms with Gasteiger partial charge >= 0.3 is 0 Å². The van der Waals surface area contributed by atoms with Gasteiger partial charge in [0.25, 0.3) is 0 Å². The van der Waals surface area contributed by atoms with Crippen LogP contribution in [0, 0.1) is 0 Å². The Bertz CT molecular complexity index is 950. The zero-order chi connectivity index (χ0) is 20.6. The lowest BCUT2D eigenvalue weighted by Crippen LogP contribution is -2.17. The van der Waals surface area contributed by atoms with Crippen LogP contribution in [0.15, 0.2) is 66.9 Å². The standard InChI is InChI=1S/C22H20Cl2N2O3/c1-15(7-12-21(27)26-17-5-3-2-4-6-17)28-18-8-10-19(11-9-18)29-22-20(24)13-16(23)14-25-22/h2-6,8-11,13-15H,7,12H2,1H3,(H,26,27). The van der Waals surface area contributed by atoms with E-state index in [1.807, 2.05) is 37.3 Å². The number of ether oxygens (including phenoxy) is 2. The molecule has 0 spiro atoms. The molecule has 0 fully saturated rings. The van der Waals surface area contributed by atoms with Gasteiger partial charge in [0.05, 0.1) is 11.1 Å². The van der Waals surface area contributed by atoms with Gasteiger partial charge in [0, 0.05) is 18.3 Å². The summed E-state index contributed by atoms with van der Waals surface area (Å²) in [5, 5.41) is 3.64. The van der Waals surface area contributed by atoms with Gasteiger partial charge < -0.3 is 14.8 Å². The number of nitrogens with zero attached hydrogens (tertiary/aromatic N) is 1. The number of para-hydroxylation sites is 1. The minimum Gasteiger partial charge on any atom is -0.491 e. The average Bonchev–Trinajstić information content (AvgIpc) is 2.71. The molecule has 0 aliphatic heterocycles. The van der Waals surface area contributed by atoms with E-state index < -0.39 is 0 Å². The first kappa shape index (κ1) is 21.0. The maximum Gasteiger partial charge on any atom is 0.238 e. The molecule has 0 aliphatic carbocycles. The van der Waals surface area contributed by atoms with E-state index in [1.165, 1.54) is 6.20 Å². The summed E-state index contributed by atoms with van der Waals surface area (Å²) in [6.07, 6.45) is 2.32. The molecule has 1 amide bonds. The molecule has 3 rings (SSSR count). The second kappa shape index (κ2) is 10.1. The van der Waals surface area contributed by atoms with E-state index in [1.54, 1.807) is 30.3 Å². The lowest BCUT2D eigenvalue weighted by atomic mass is 10.2. The molecule has 0 bridgehead atoms. The van der Waals surface area contributed by atoms with Crippen LogP contribution in [0.25, 0.3) is 0 Å². The quantitative estimate of drug-likeness (QED) is 0.451. The van der Waals surface area contributed by atoms with Crippen molar-refractivity contribution in [3.63, 3.8) is 0 Å². The van der Waals surface area contributed by atoms with Crippen LogP contribution in [0.4, 0.5) is 5.69 Å². The Balaban J connectivity index is 1.47. The predicted molar refractivity (Wildman–Crippen MR) is 115 cm³/mol. The molecule has 2 aromatic carbocycles. The molecule has 1 aromatic heterocycles. The van der Waals surface area contributed by atoms with Crippen molar-refractivity contribution in [2.45, 2.75) is 25.9 Å². The van der Waals surface area contributed by atoms with Gasteiger partial charge in [-0.1, -0.05) is 41.4 Å². The van der Waals surface area contributed by atoms with Gasteiger partial charge in [-0.15, -0.1) is 0 Å². The van der Waals surface area contributed by atoms with Crippen molar-refractivity contribution in [1.29, 1.82) is 0 Å². The Morgan fingerprint density at radius 1 is 1.07 bits per heavy atom. The number of aromatic nitrogens is 1. The molecular weight excluding hydrogens is 411 g/mol. The number of hydrogen-bond acceptors (Lipinski definition) is 4. The van der Waals surface area contributed by atoms with E-state index in [0.717, 1.165) is 5.69 Å². The maximum atomic E-state index is 12.0. The molecule has 0 aliphatic rings. The second-order valence-electron chi connectivity index (χ2n) is 6.40. The third kappa shape index (κ3) is 6.66. The molecule has 5 nitrogen and oxygen atoms in total. The van der Waals surface area contributed by atoms with Crippen molar-refractivity contribution in [3.8, 4) is 17.4 Å². The minimum absolute atomic E-state index is 0.0391. The van der Waals surface area contributed by atoms with Crippen molar-refractivity contribution in [2.75, 3.05) is 5.32 Å². The van der Waals surface area contributed by atoms with Gasteiger partial charge in [-0.3, -0.25) is 4.79 Å². The number of rotatable bonds is 8. The van der Waals surface area contributed by atoms with Crippen LogP contribution in [0.3, 0.4) is 0 Å². The monoisotopic (exact) mass is 430 g/mol. The molecule has 0 saturated carbocycles. The van der Waals surface area contributed by atoms with Crippen molar-refractivity contribution in [2.24, 2.45) is 0 Å². The number of benzene rings is 2. The number of nitrogens with one attached hydrogen (secondary N) is 1. The number of halogens is 2. The van der Waals surface area contributed by atoms with Gasteiger partial charge in [0.2, 0.25) is 11.8 Å². The van der Waals surface area contributed by atoms with Crippen LogP contribution >= 0.6 is 23.2 Å². The normalized spacial score (nSPS) is 11.6. The summed E-state index contributed by atoms with van der Waals surface area (Å²) in [5.74, 6) is 1.50. The van der Waals surface area contributed by atoms with E-state index in [4.69, 9.17) is 32.7 Å². The Morgan fingerprint density at radius 2 is 1.76 bits per heavy atom. The molecule has 0 saturated heterocycles. The Hall–Kier alpha value is -2.76. The van der Waals surface area contributed by atoms with Crippen molar-refractivity contribution >= 4 is 34.8 Å². The Morgan fingerprint density at radius 3 is 2.45 bits per heavy atom. The molecule has 29 heavy (non-hydrogen) atoms. The zero-order valence-corrected chi connectivity index (χ0v) is 17.3. The molecule has 1 unspecified atom stereocenters. The summed E-state index contributed by atoms with van der Waals surface area (Å²) in [6, 6.07) is 18.0. The largest absolute Gasteiger partial charge is 0.491 e. The fourth-order valence-corrected chi connectivity index (χ4v) is 2.96. The number of hydrogen-bond donors (Lipinski definition) is 1. The first-order valence-electron chi connectivity index (χ1n) is 9.10. The number of anilines is 1. The molecule has 1 heterocycles. The van der Waals surface area contributed by atoms with Gasteiger partial charge in [0.15, 0.2) is 0 Å². The highest BCUT2D eigenvalue weighted by molar-refractivity contribution is 6.35. The van der Waals surface area contributed by atoms with Crippen LogP contribution in [0.2, 0.25) is 10.0 Å². The first-order chi connectivity index (χ1) is 14.0. The lowest BCUT2D eigenvalue weighted by Gasteiger charge is -2.15. The summed E-state index contributed by atoms with van der Waals surface area (Å²) >= 11 is 11.9. The zero-order valence-electron chi connectivity index (χ0n) is 15.8. The predicted octanol–water partition coefficient (Wildman–Crippen LogP) is 6.37. The van der Waals surface area contributed by atoms with E-state index in [-0.39, 0.29) is 17.9 Å². The fourth-order valence-electron chi connectivity index (χ4n) is 2.55. The highest BCUT2D eigenvalue weighted by Gasteiger charge is 2.10. The molecule has 7 heteroatoms. The summed E-state index contributed by atoms with van der Waals surface area (Å²) in [6.45, 7) is 1.93. The van der Waals surface area contributed by atoms with E-state index in [0.29, 0.717) is 34.4 Å². The van der Waals surface area contributed by atoms with E-state index >= 15 is 0 Å². The third-order valence-electron chi connectivity index (χ3n) is 3.99. The number of carbonyl (C=O) groups excluding carboxylic acids is 1. The van der Waals surface area contributed by atoms with Crippen LogP contribution < -0.4 is 14.8 Å². The van der Waals surface area contributed by atoms with Crippen molar-refractivity contribution in [3.05, 3.63) is 76.9 Å². The Kier molecular flexibility index (Phi) is 7.33. The molecular formula is C22H20Cl2N2O3. The molecule has 3 aromatic rings. The van der Waals surface area contributed by atoms with E-state index in [9.17, 15) is 4.79 Å². The van der Waals surface area contributed by atoms with Gasteiger partial charge in [-0.25, -0.2) is 4.98 Å². The van der Waals surface area contributed by atoms with Gasteiger partial charge in [-0.2, -0.15) is 0 Å². The highest BCUT2D eigenvalue weighted by atomic mass is 35.5. The highest BCUT2D eigenvalue weighted by Crippen LogP contribution is 2.30. The lowest BCUT2D eigenvalue weighted by molar-refractivity contribution is -0.116. The maximum absolute atomic E-state index is 12.0. The van der Waals surface area contributed by atoms with Crippen LogP contribution in [0.1, 0.15) is 19.8 Å². The molecule has 0 radical (unpaired) electrons. The van der Waals surface area contributed by atoms with Crippen molar-refractivity contribution in [1.82, 2.24) is 4.98 Å². The van der Waals surface area contributed by atoms with Crippen LogP contribution in [-0.2, 0) is 4.79 Å². The minimum atomic E-state index is -0.115. The number of amides is 1. The summed E-state index contributed by atoms with van der Waals surface area (Å²) in [7, 11) is 0. The topological polar surface area (TPSA) is 60.5 Å². The summed E-state index contributed by atoms with van der Waals surface area (Å²) in [4.78, 5) is 16.1. The van der Waals surface area contributed by atoms with E-state index in [2.05, 4.69) is 10.3 Å². The summed E-state index contributed by atoms with van der Waals surface area (Å²) < 4.78 is 11.5.